The van der Waals surface area contributed by atoms with Crippen molar-refractivity contribution >= 4 is 49.8 Å². The van der Waals surface area contributed by atoms with E-state index >= 15 is 0 Å². The molecule has 3 N–H and O–H groups in total. The molecule has 0 radical (unpaired) electrons. The Morgan fingerprint density at radius 2 is 1.67 bits per heavy atom. The predicted molar refractivity (Wildman–Crippen MR) is 127 cm³/mol. The topological polar surface area (TPSA) is 110 Å². The van der Waals surface area contributed by atoms with Crippen LogP contribution in [0.1, 0.15) is 10.5 Å². The SMILES string of the molecule is COc1ccc(S(=O)(=O)NC(=O)c2cc3c(Nc4cccc(OC)c4)cc(Cl)cc3[nH]2)cc1. The van der Waals surface area contributed by atoms with Crippen LogP contribution in [0.3, 0.4) is 0 Å². The minimum Gasteiger partial charge on any atom is -0.497 e. The summed E-state index contributed by atoms with van der Waals surface area (Å²) in [6.45, 7) is 0. The number of rotatable bonds is 7. The van der Waals surface area contributed by atoms with Crippen molar-refractivity contribution in [3.05, 3.63) is 77.4 Å². The first-order valence-electron chi connectivity index (χ1n) is 9.73. The fourth-order valence-electron chi connectivity index (χ4n) is 3.28. The number of aromatic amines is 1. The van der Waals surface area contributed by atoms with Crippen molar-refractivity contribution in [1.29, 1.82) is 0 Å². The van der Waals surface area contributed by atoms with Crippen LogP contribution in [-0.4, -0.2) is 33.5 Å². The van der Waals surface area contributed by atoms with Crippen molar-refractivity contribution in [3.63, 3.8) is 0 Å². The molecule has 0 spiro atoms. The highest BCUT2D eigenvalue weighted by Crippen LogP contribution is 2.32. The molecule has 170 valence electrons. The van der Waals surface area contributed by atoms with Crippen LogP contribution < -0.4 is 19.5 Å². The van der Waals surface area contributed by atoms with Gasteiger partial charge in [0.1, 0.15) is 17.2 Å². The Bertz CT molecular complexity index is 1430. The Morgan fingerprint density at radius 3 is 2.36 bits per heavy atom. The molecule has 0 fully saturated rings. The Hall–Kier alpha value is -3.69. The van der Waals surface area contributed by atoms with Gasteiger partial charge in [0.25, 0.3) is 15.9 Å². The van der Waals surface area contributed by atoms with Crippen molar-refractivity contribution in [2.24, 2.45) is 0 Å². The van der Waals surface area contributed by atoms with E-state index in [0.717, 1.165) is 5.69 Å². The molecule has 1 aromatic heterocycles. The van der Waals surface area contributed by atoms with E-state index in [9.17, 15) is 13.2 Å². The normalized spacial score (nSPS) is 11.2. The number of sulfonamides is 1. The number of benzene rings is 3. The Morgan fingerprint density at radius 1 is 0.939 bits per heavy atom. The molecule has 0 aliphatic carbocycles. The van der Waals surface area contributed by atoms with E-state index in [1.165, 1.54) is 31.4 Å². The maximum Gasteiger partial charge on any atom is 0.281 e. The Labute approximate surface area is 195 Å². The molecular weight excluding hydrogens is 466 g/mol. The second-order valence-electron chi connectivity index (χ2n) is 7.06. The molecular formula is C23H20ClN3O5S. The van der Waals surface area contributed by atoms with Crippen molar-refractivity contribution < 1.29 is 22.7 Å². The van der Waals surface area contributed by atoms with Crippen molar-refractivity contribution in [2.75, 3.05) is 19.5 Å². The number of carbonyl (C=O) groups excluding carboxylic acids is 1. The number of hydrogen-bond donors (Lipinski definition) is 3. The molecule has 1 heterocycles. The Kier molecular flexibility index (Phi) is 6.17. The van der Waals surface area contributed by atoms with E-state index in [0.29, 0.717) is 33.1 Å². The zero-order valence-corrected chi connectivity index (χ0v) is 19.3. The average molecular weight is 486 g/mol. The molecule has 3 aromatic carbocycles. The zero-order chi connectivity index (χ0) is 23.6. The maximum atomic E-state index is 12.7. The van der Waals surface area contributed by atoms with Gasteiger partial charge in [0.2, 0.25) is 0 Å². The van der Waals surface area contributed by atoms with Crippen molar-refractivity contribution in [2.45, 2.75) is 4.90 Å². The number of anilines is 2. The van der Waals surface area contributed by atoms with Crippen LogP contribution in [-0.2, 0) is 10.0 Å². The van der Waals surface area contributed by atoms with Gasteiger partial charge in [0, 0.05) is 33.4 Å². The minimum absolute atomic E-state index is 0.0591. The van der Waals surface area contributed by atoms with Gasteiger partial charge in [0.05, 0.1) is 19.1 Å². The third-order valence-corrected chi connectivity index (χ3v) is 6.46. The molecule has 0 aliphatic heterocycles. The molecule has 33 heavy (non-hydrogen) atoms. The molecule has 0 unspecified atom stereocenters. The lowest BCUT2D eigenvalue weighted by Crippen LogP contribution is -2.30. The molecule has 0 aliphatic rings. The van der Waals surface area contributed by atoms with E-state index in [1.54, 1.807) is 25.3 Å². The molecule has 0 saturated heterocycles. The summed E-state index contributed by atoms with van der Waals surface area (Å²) in [7, 11) is -1.02. The summed E-state index contributed by atoms with van der Waals surface area (Å²) in [5.74, 6) is 0.380. The average Bonchev–Trinajstić information content (AvgIpc) is 3.23. The number of halogens is 1. The number of H-pyrrole nitrogens is 1. The largest absolute Gasteiger partial charge is 0.497 e. The number of methoxy groups -OCH3 is 2. The van der Waals surface area contributed by atoms with Gasteiger partial charge in [0.15, 0.2) is 0 Å². The smallest absolute Gasteiger partial charge is 0.281 e. The third kappa shape index (κ3) is 4.89. The van der Waals surface area contributed by atoms with Crippen LogP contribution >= 0.6 is 11.6 Å². The lowest BCUT2D eigenvalue weighted by atomic mass is 10.2. The number of amides is 1. The van der Waals surface area contributed by atoms with Crippen molar-refractivity contribution in [1.82, 2.24) is 9.71 Å². The highest BCUT2D eigenvalue weighted by atomic mass is 35.5. The van der Waals surface area contributed by atoms with Gasteiger partial charge in [-0.15, -0.1) is 0 Å². The molecule has 0 atom stereocenters. The number of fused-ring (bicyclic) bond motifs is 1. The van der Waals surface area contributed by atoms with E-state index in [-0.39, 0.29) is 10.6 Å². The minimum atomic E-state index is -4.08. The highest BCUT2D eigenvalue weighted by molar-refractivity contribution is 7.90. The summed E-state index contributed by atoms with van der Waals surface area (Å²) < 4.78 is 37.6. The Balaban J connectivity index is 1.63. The summed E-state index contributed by atoms with van der Waals surface area (Å²) in [4.78, 5) is 15.6. The first kappa shape index (κ1) is 22.5. The van der Waals surface area contributed by atoms with Crippen LogP contribution in [0.4, 0.5) is 11.4 Å². The van der Waals surface area contributed by atoms with Crippen molar-refractivity contribution in [3.8, 4) is 11.5 Å². The highest BCUT2D eigenvalue weighted by Gasteiger charge is 2.21. The van der Waals surface area contributed by atoms with Gasteiger partial charge in [-0.2, -0.15) is 0 Å². The van der Waals surface area contributed by atoms with Gasteiger partial charge < -0.3 is 19.8 Å². The number of nitrogens with one attached hydrogen (secondary N) is 3. The summed E-state index contributed by atoms with van der Waals surface area (Å²) in [6, 6.07) is 18.0. The summed E-state index contributed by atoms with van der Waals surface area (Å²) >= 11 is 6.26. The van der Waals surface area contributed by atoms with Crippen LogP contribution in [0.5, 0.6) is 11.5 Å². The van der Waals surface area contributed by atoms with E-state index in [1.807, 2.05) is 24.3 Å². The molecule has 8 nitrogen and oxygen atoms in total. The summed E-state index contributed by atoms with van der Waals surface area (Å²) in [6.07, 6.45) is 0. The van der Waals surface area contributed by atoms with Gasteiger partial charge >= 0.3 is 0 Å². The quantitative estimate of drug-likeness (QED) is 0.350. The van der Waals surface area contributed by atoms with Gasteiger partial charge in [-0.25, -0.2) is 13.1 Å². The number of aromatic nitrogens is 1. The third-order valence-electron chi connectivity index (χ3n) is 4.89. The lowest BCUT2D eigenvalue weighted by Gasteiger charge is -2.10. The molecule has 0 bridgehead atoms. The van der Waals surface area contributed by atoms with Crippen LogP contribution in [0.15, 0.2) is 71.6 Å². The van der Waals surface area contributed by atoms with Gasteiger partial charge in [-0.3, -0.25) is 4.79 Å². The van der Waals surface area contributed by atoms with Crippen LogP contribution in [0.25, 0.3) is 10.9 Å². The van der Waals surface area contributed by atoms with Crippen LogP contribution in [0, 0.1) is 0 Å². The predicted octanol–water partition coefficient (Wildman–Crippen LogP) is 4.70. The summed E-state index contributed by atoms with van der Waals surface area (Å²) in [5, 5.41) is 4.35. The van der Waals surface area contributed by atoms with E-state index < -0.39 is 15.9 Å². The monoisotopic (exact) mass is 485 g/mol. The number of ether oxygens (including phenoxy) is 2. The van der Waals surface area contributed by atoms with Gasteiger partial charge in [-0.05, 0) is 54.6 Å². The molecule has 0 saturated carbocycles. The molecule has 4 aromatic rings. The van der Waals surface area contributed by atoms with Crippen LogP contribution in [0.2, 0.25) is 5.02 Å². The maximum absolute atomic E-state index is 12.7. The molecule has 10 heteroatoms. The fraction of sp³-hybridized carbons (Fsp3) is 0.0870. The van der Waals surface area contributed by atoms with E-state index in [2.05, 4.69) is 15.0 Å². The van der Waals surface area contributed by atoms with Gasteiger partial charge in [-0.1, -0.05) is 17.7 Å². The zero-order valence-electron chi connectivity index (χ0n) is 17.7. The second-order valence-corrected chi connectivity index (χ2v) is 9.18. The fourth-order valence-corrected chi connectivity index (χ4v) is 4.46. The lowest BCUT2D eigenvalue weighted by molar-refractivity contribution is 0.0977. The molecule has 1 amide bonds. The number of carbonyl (C=O) groups is 1. The number of hydrogen-bond acceptors (Lipinski definition) is 6. The standard InChI is InChI=1S/C23H20ClN3O5S/c1-31-16-6-8-18(9-7-16)33(29,30)27-23(28)22-13-19-20(10-14(24)11-21(19)26-22)25-15-4-3-5-17(12-15)32-2/h3-13,25-26H,1-2H3,(H,27,28). The second kappa shape index (κ2) is 9.05. The first-order valence-corrected chi connectivity index (χ1v) is 11.6. The summed E-state index contributed by atoms with van der Waals surface area (Å²) in [5.41, 5.74) is 2.03. The van der Waals surface area contributed by atoms with E-state index in [4.69, 9.17) is 21.1 Å². The first-order chi connectivity index (χ1) is 15.8. The molecule has 4 rings (SSSR count).